The SMILES string of the molecule is Cc1cnc(NC(=O)N2CCCC2Cn2nc3c(cc2=O)CSCC3)s1. The van der Waals surface area contributed by atoms with Crippen molar-refractivity contribution < 1.29 is 4.79 Å². The third kappa shape index (κ3) is 3.64. The van der Waals surface area contributed by atoms with E-state index in [0.717, 1.165) is 46.9 Å². The molecule has 2 aromatic rings. The summed E-state index contributed by atoms with van der Waals surface area (Å²) in [6.45, 7) is 3.10. The number of fused-ring (bicyclic) bond motifs is 1. The van der Waals surface area contributed by atoms with Crippen molar-refractivity contribution in [3.8, 4) is 0 Å². The van der Waals surface area contributed by atoms with Crippen LogP contribution < -0.4 is 10.9 Å². The summed E-state index contributed by atoms with van der Waals surface area (Å²) in [6.07, 6.45) is 4.46. The molecule has 0 aromatic carbocycles. The van der Waals surface area contributed by atoms with Crippen molar-refractivity contribution in [2.75, 3.05) is 17.6 Å². The van der Waals surface area contributed by atoms with Gasteiger partial charge in [-0.25, -0.2) is 14.5 Å². The number of aryl methyl sites for hydroxylation is 2. The maximum absolute atomic E-state index is 12.6. The number of hydrogen-bond acceptors (Lipinski definition) is 6. The van der Waals surface area contributed by atoms with Crippen molar-refractivity contribution in [3.05, 3.63) is 38.8 Å². The van der Waals surface area contributed by atoms with E-state index in [1.54, 1.807) is 21.8 Å². The Balaban J connectivity index is 1.48. The average Bonchev–Trinajstić information content (AvgIpc) is 3.24. The molecule has 2 aliphatic rings. The van der Waals surface area contributed by atoms with Gasteiger partial charge < -0.3 is 4.90 Å². The predicted molar refractivity (Wildman–Crippen MR) is 104 cm³/mol. The fourth-order valence-corrected chi connectivity index (χ4v) is 5.06. The number of likely N-dealkylation sites (tertiary alicyclic amines) is 1. The van der Waals surface area contributed by atoms with Gasteiger partial charge in [-0.05, 0) is 31.1 Å². The Morgan fingerprint density at radius 3 is 3.15 bits per heavy atom. The van der Waals surface area contributed by atoms with E-state index in [2.05, 4.69) is 15.4 Å². The molecule has 2 aromatic heterocycles. The molecule has 4 rings (SSSR count). The first-order chi connectivity index (χ1) is 12.6. The molecule has 1 N–H and O–H groups in total. The molecule has 1 atom stereocenters. The summed E-state index contributed by atoms with van der Waals surface area (Å²) in [7, 11) is 0. The van der Waals surface area contributed by atoms with E-state index in [4.69, 9.17) is 0 Å². The molecule has 2 aliphatic heterocycles. The number of carbonyl (C=O) groups is 1. The lowest BCUT2D eigenvalue weighted by Crippen LogP contribution is -2.43. The number of nitrogens with zero attached hydrogens (tertiary/aromatic N) is 4. The zero-order valence-electron chi connectivity index (χ0n) is 14.6. The second-order valence-electron chi connectivity index (χ2n) is 6.63. The number of rotatable bonds is 3. The second-order valence-corrected chi connectivity index (χ2v) is 8.97. The summed E-state index contributed by atoms with van der Waals surface area (Å²) < 4.78 is 1.54. The van der Waals surface area contributed by atoms with Gasteiger partial charge >= 0.3 is 6.03 Å². The smallest absolute Gasteiger partial charge is 0.320 e. The first kappa shape index (κ1) is 17.5. The molecule has 0 spiro atoms. The van der Waals surface area contributed by atoms with Gasteiger partial charge in [0.05, 0.1) is 18.3 Å². The number of carbonyl (C=O) groups excluding carboxylic acids is 1. The number of nitrogens with one attached hydrogen (secondary N) is 1. The fraction of sp³-hybridized carbons (Fsp3) is 0.529. The summed E-state index contributed by atoms with van der Waals surface area (Å²) in [5.74, 6) is 1.91. The largest absolute Gasteiger partial charge is 0.323 e. The Labute approximate surface area is 159 Å². The summed E-state index contributed by atoms with van der Waals surface area (Å²) in [6, 6.07) is 1.55. The van der Waals surface area contributed by atoms with E-state index in [-0.39, 0.29) is 17.6 Å². The highest BCUT2D eigenvalue weighted by atomic mass is 32.2. The summed E-state index contributed by atoms with van der Waals surface area (Å²) in [5.41, 5.74) is 2.01. The van der Waals surface area contributed by atoms with Crippen molar-refractivity contribution >= 4 is 34.3 Å². The highest BCUT2D eigenvalue weighted by Gasteiger charge is 2.30. The zero-order valence-corrected chi connectivity index (χ0v) is 16.2. The molecule has 9 heteroatoms. The lowest BCUT2D eigenvalue weighted by molar-refractivity contribution is 0.198. The van der Waals surface area contributed by atoms with Crippen LogP contribution in [0.5, 0.6) is 0 Å². The molecule has 0 bridgehead atoms. The Kier molecular flexibility index (Phi) is 4.99. The molecule has 4 heterocycles. The Morgan fingerprint density at radius 2 is 2.35 bits per heavy atom. The van der Waals surface area contributed by atoms with Crippen molar-refractivity contribution in [3.63, 3.8) is 0 Å². The van der Waals surface area contributed by atoms with Gasteiger partial charge in [-0.1, -0.05) is 0 Å². The van der Waals surface area contributed by atoms with Gasteiger partial charge in [-0.15, -0.1) is 11.3 Å². The van der Waals surface area contributed by atoms with Crippen LogP contribution in [-0.4, -0.2) is 44.0 Å². The molecule has 0 aliphatic carbocycles. The van der Waals surface area contributed by atoms with Gasteiger partial charge in [0.15, 0.2) is 5.13 Å². The molecular weight excluding hydrogens is 370 g/mol. The van der Waals surface area contributed by atoms with E-state index in [1.165, 1.54) is 11.3 Å². The van der Waals surface area contributed by atoms with Crippen LogP contribution in [0.3, 0.4) is 0 Å². The monoisotopic (exact) mass is 391 g/mol. The number of urea groups is 1. The Bertz CT molecular complexity index is 878. The fourth-order valence-electron chi connectivity index (χ4n) is 3.45. The average molecular weight is 392 g/mol. The zero-order chi connectivity index (χ0) is 18.1. The highest BCUT2D eigenvalue weighted by Crippen LogP contribution is 2.23. The first-order valence-corrected chi connectivity index (χ1v) is 10.7. The van der Waals surface area contributed by atoms with Crippen LogP contribution >= 0.6 is 23.1 Å². The first-order valence-electron chi connectivity index (χ1n) is 8.78. The van der Waals surface area contributed by atoms with Gasteiger partial charge in [-0.3, -0.25) is 10.1 Å². The number of thioether (sulfide) groups is 1. The molecule has 2 amide bonds. The Hall–Kier alpha value is -1.87. The lowest BCUT2D eigenvalue weighted by Gasteiger charge is -2.25. The molecule has 1 fully saturated rings. The van der Waals surface area contributed by atoms with Crippen molar-refractivity contribution in [2.45, 2.75) is 44.5 Å². The van der Waals surface area contributed by atoms with Crippen LogP contribution in [0.2, 0.25) is 0 Å². The molecule has 1 saturated heterocycles. The molecule has 7 nitrogen and oxygen atoms in total. The van der Waals surface area contributed by atoms with E-state index < -0.39 is 0 Å². The molecule has 138 valence electrons. The molecule has 0 saturated carbocycles. The van der Waals surface area contributed by atoms with E-state index in [0.29, 0.717) is 18.2 Å². The maximum Gasteiger partial charge on any atom is 0.323 e. The number of amides is 2. The molecule has 0 radical (unpaired) electrons. The van der Waals surface area contributed by atoms with Crippen LogP contribution in [0, 0.1) is 6.92 Å². The van der Waals surface area contributed by atoms with Gasteiger partial charge in [0.1, 0.15) is 0 Å². The molecular formula is C17H21N5O2S2. The third-order valence-corrected chi connectivity index (χ3v) is 6.60. The minimum atomic E-state index is -0.149. The van der Waals surface area contributed by atoms with Crippen molar-refractivity contribution in [1.82, 2.24) is 19.7 Å². The Morgan fingerprint density at radius 1 is 1.46 bits per heavy atom. The van der Waals surface area contributed by atoms with Crippen LogP contribution in [0.15, 0.2) is 17.1 Å². The summed E-state index contributed by atoms with van der Waals surface area (Å²) in [5, 5.41) is 8.06. The van der Waals surface area contributed by atoms with Gasteiger partial charge in [0, 0.05) is 35.9 Å². The molecule has 26 heavy (non-hydrogen) atoms. The quantitative estimate of drug-likeness (QED) is 0.870. The second kappa shape index (κ2) is 7.40. The molecule has 1 unspecified atom stereocenters. The van der Waals surface area contributed by atoms with E-state index >= 15 is 0 Å². The highest BCUT2D eigenvalue weighted by molar-refractivity contribution is 7.98. The maximum atomic E-state index is 12.6. The summed E-state index contributed by atoms with van der Waals surface area (Å²) in [4.78, 5) is 32.1. The number of hydrogen-bond donors (Lipinski definition) is 1. The van der Waals surface area contributed by atoms with Crippen LogP contribution in [0.1, 0.15) is 29.0 Å². The minimum Gasteiger partial charge on any atom is -0.320 e. The normalized spacial score (nSPS) is 19.4. The van der Waals surface area contributed by atoms with Gasteiger partial charge in [-0.2, -0.15) is 16.9 Å². The number of anilines is 1. The van der Waals surface area contributed by atoms with Crippen LogP contribution in [-0.2, 0) is 18.7 Å². The van der Waals surface area contributed by atoms with E-state index in [1.807, 2.05) is 18.7 Å². The number of aromatic nitrogens is 3. The third-order valence-electron chi connectivity index (χ3n) is 4.76. The van der Waals surface area contributed by atoms with Gasteiger partial charge in [0.25, 0.3) is 5.56 Å². The summed E-state index contributed by atoms with van der Waals surface area (Å²) >= 11 is 3.30. The standard InChI is InChI=1S/C17H21N5O2S2/c1-11-8-18-16(26-11)19-17(24)21-5-2-3-13(21)9-22-15(23)7-12-10-25-6-4-14(12)20-22/h7-8,13H,2-6,9-10H2,1H3,(H,18,19,24). The van der Waals surface area contributed by atoms with Crippen LogP contribution in [0.25, 0.3) is 0 Å². The minimum absolute atomic E-state index is 0.0164. The lowest BCUT2D eigenvalue weighted by atomic mass is 10.2. The predicted octanol–water partition coefficient (Wildman–Crippen LogP) is 2.49. The number of thiazole rings is 1. The van der Waals surface area contributed by atoms with E-state index in [9.17, 15) is 9.59 Å². The van der Waals surface area contributed by atoms with Crippen molar-refractivity contribution in [1.29, 1.82) is 0 Å². The van der Waals surface area contributed by atoms with Crippen LogP contribution in [0.4, 0.5) is 9.93 Å². The van der Waals surface area contributed by atoms with Crippen molar-refractivity contribution in [2.24, 2.45) is 0 Å². The topological polar surface area (TPSA) is 80.1 Å². The van der Waals surface area contributed by atoms with Gasteiger partial charge in [0.2, 0.25) is 0 Å².